The number of hydrogen-bond acceptors (Lipinski definition) is 7. The molecule has 0 spiro atoms. The van der Waals surface area contributed by atoms with Crippen molar-refractivity contribution < 1.29 is 5.11 Å². The van der Waals surface area contributed by atoms with Crippen molar-refractivity contribution in [2.75, 3.05) is 18.0 Å². The molecule has 0 radical (unpaired) electrons. The zero-order chi connectivity index (χ0) is 19.8. The highest BCUT2D eigenvalue weighted by Gasteiger charge is 2.25. The first-order chi connectivity index (χ1) is 14.2. The Labute approximate surface area is 172 Å². The number of piperidine rings is 1. The highest BCUT2D eigenvalue weighted by atomic mass is 32.1. The summed E-state index contributed by atoms with van der Waals surface area (Å²) < 4.78 is 0. The van der Waals surface area contributed by atoms with E-state index in [4.69, 9.17) is 10.7 Å². The number of aliphatic hydroxyl groups excluding tert-OH is 1. The van der Waals surface area contributed by atoms with E-state index < -0.39 is 6.10 Å². The highest BCUT2D eigenvalue weighted by Crippen LogP contribution is 2.32. The van der Waals surface area contributed by atoms with E-state index in [2.05, 4.69) is 27.0 Å². The second-order valence-corrected chi connectivity index (χ2v) is 8.17. The fourth-order valence-corrected chi connectivity index (χ4v) is 4.43. The molecule has 4 aromatic rings. The molecule has 5 rings (SSSR count). The maximum atomic E-state index is 9.98. The van der Waals surface area contributed by atoms with E-state index in [1.807, 2.05) is 41.9 Å². The van der Waals surface area contributed by atoms with Gasteiger partial charge in [-0.2, -0.15) is 0 Å². The van der Waals surface area contributed by atoms with Crippen LogP contribution >= 0.6 is 11.3 Å². The van der Waals surface area contributed by atoms with Crippen molar-refractivity contribution in [3.05, 3.63) is 60.2 Å². The first kappa shape index (κ1) is 18.2. The smallest absolute Gasteiger partial charge is 0.141 e. The van der Waals surface area contributed by atoms with Crippen LogP contribution in [0, 0.1) is 0 Å². The highest BCUT2D eigenvalue weighted by molar-refractivity contribution is 7.13. The van der Waals surface area contributed by atoms with Crippen LogP contribution in [0.15, 0.2) is 60.2 Å². The predicted molar refractivity (Wildman–Crippen MR) is 117 cm³/mol. The lowest BCUT2D eigenvalue weighted by atomic mass is 10.0. The van der Waals surface area contributed by atoms with E-state index in [0.717, 1.165) is 45.1 Å². The second-order valence-electron chi connectivity index (χ2n) is 7.27. The van der Waals surface area contributed by atoms with Gasteiger partial charge in [0.25, 0.3) is 0 Å². The van der Waals surface area contributed by atoms with Crippen LogP contribution in [-0.4, -0.2) is 45.3 Å². The van der Waals surface area contributed by atoms with Gasteiger partial charge in [0.15, 0.2) is 0 Å². The molecule has 29 heavy (non-hydrogen) atoms. The molecule has 0 aliphatic carbocycles. The molecule has 146 valence electrons. The van der Waals surface area contributed by atoms with Gasteiger partial charge in [0, 0.05) is 53.5 Å². The molecule has 3 aromatic heterocycles. The number of anilines is 1. The first-order valence-corrected chi connectivity index (χ1v) is 10.5. The maximum absolute atomic E-state index is 9.98. The minimum Gasteiger partial charge on any atom is -0.391 e. The summed E-state index contributed by atoms with van der Waals surface area (Å²) in [6.45, 7) is 1.40. The molecule has 0 unspecified atom stereocenters. The summed E-state index contributed by atoms with van der Waals surface area (Å²) in [5, 5.41) is 13.9. The topological polar surface area (TPSA) is 88.2 Å². The fourth-order valence-electron chi connectivity index (χ4n) is 3.82. The number of aromatic nitrogens is 3. The molecule has 2 atom stereocenters. The number of thiazole rings is 1. The molecule has 1 aliphatic heterocycles. The molecule has 1 aromatic carbocycles. The van der Waals surface area contributed by atoms with E-state index in [1.165, 1.54) is 0 Å². The number of aliphatic hydroxyl groups is 1. The average Bonchev–Trinajstić information content (AvgIpc) is 3.30. The third kappa shape index (κ3) is 3.48. The van der Waals surface area contributed by atoms with Gasteiger partial charge in [0.1, 0.15) is 5.01 Å². The lowest BCUT2D eigenvalue weighted by Crippen LogP contribution is -2.51. The SMILES string of the molecule is N[C@@H]1CN(c2ccnc3ccc(-c4cccc(-c5nccs5)n4)cc23)CC[C@H]1O. The quantitative estimate of drug-likeness (QED) is 0.546. The third-order valence-corrected chi connectivity index (χ3v) is 6.17. The van der Waals surface area contributed by atoms with Gasteiger partial charge < -0.3 is 15.7 Å². The lowest BCUT2D eigenvalue weighted by molar-refractivity contribution is 0.125. The van der Waals surface area contributed by atoms with Crippen molar-refractivity contribution >= 4 is 27.9 Å². The first-order valence-electron chi connectivity index (χ1n) is 9.64. The molecular weight excluding hydrogens is 382 g/mol. The van der Waals surface area contributed by atoms with Gasteiger partial charge in [0.05, 0.1) is 23.0 Å². The Hall–Kier alpha value is -2.87. The Balaban J connectivity index is 1.56. The number of hydrogen-bond donors (Lipinski definition) is 2. The number of rotatable bonds is 3. The average molecular weight is 404 g/mol. The van der Waals surface area contributed by atoms with Crippen LogP contribution < -0.4 is 10.6 Å². The number of nitrogens with two attached hydrogens (primary N) is 1. The largest absolute Gasteiger partial charge is 0.391 e. The second kappa shape index (κ2) is 7.51. The van der Waals surface area contributed by atoms with Crippen LogP contribution in [-0.2, 0) is 0 Å². The molecule has 0 saturated carbocycles. The van der Waals surface area contributed by atoms with Crippen molar-refractivity contribution in [3.63, 3.8) is 0 Å². The Morgan fingerprint density at radius 1 is 1.07 bits per heavy atom. The Kier molecular flexibility index (Phi) is 4.71. The van der Waals surface area contributed by atoms with Gasteiger partial charge in [-0.25, -0.2) is 9.97 Å². The van der Waals surface area contributed by atoms with Gasteiger partial charge in [-0.05, 0) is 36.8 Å². The Bertz CT molecular complexity index is 1150. The molecule has 7 heteroatoms. The summed E-state index contributed by atoms with van der Waals surface area (Å²) in [6.07, 6.45) is 3.85. The van der Waals surface area contributed by atoms with Crippen molar-refractivity contribution in [2.24, 2.45) is 5.73 Å². The van der Waals surface area contributed by atoms with Crippen molar-refractivity contribution in [1.29, 1.82) is 0 Å². The van der Waals surface area contributed by atoms with E-state index >= 15 is 0 Å². The molecule has 1 fully saturated rings. The molecule has 4 heterocycles. The van der Waals surface area contributed by atoms with E-state index in [-0.39, 0.29) is 6.04 Å². The van der Waals surface area contributed by atoms with Crippen LogP contribution in [0.25, 0.3) is 32.9 Å². The van der Waals surface area contributed by atoms with Gasteiger partial charge in [-0.1, -0.05) is 12.1 Å². The van der Waals surface area contributed by atoms with Gasteiger partial charge in [-0.3, -0.25) is 4.98 Å². The summed E-state index contributed by atoms with van der Waals surface area (Å²) in [5.74, 6) is 0. The number of nitrogens with zero attached hydrogens (tertiary/aromatic N) is 4. The molecule has 0 amide bonds. The van der Waals surface area contributed by atoms with Gasteiger partial charge in [-0.15, -0.1) is 11.3 Å². The van der Waals surface area contributed by atoms with E-state index in [9.17, 15) is 5.11 Å². The van der Waals surface area contributed by atoms with Crippen LogP contribution in [0.2, 0.25) is 0 Å². The minimum absolute atomic E-state index is 0.244. The minimum atomic E-state index is -0.437. The fraction of sp³-hybridized carbons (Fsp3) is 0.227. The normalized spacial score (nSPS) is 19.6. The summed E-state index contributed by atoms with van der Waals surface area (Å²) in [7, 11) is 0. The summed E-state index contributed by atoms with van der Waals surface area (Å²) in [4.78, 5) is 16.0. The standard InChI is InChI=1S/C22H21N5OS/c23-16-13-27(10-7-21(16)28)20-6-8-24-18-5-4-14(12-15(18)20)17-2-1-3-19(26-17)22-25-9-11-29-22/h1-6,8-9,11-12,16,21,28H,7,10,13,23H2/t16-,21-/m1/s1. The molecule has 3 N–H and O–H groups in total. The Morgan fingerprint density at radius 3 is 2.79 bits per heavy atom. The monoisotopic (exact) mass is 403 g/mol. The predicted octanol–water partition coefficient (Wildman–Crippen LogP) is 3.32. The number of benzene rings is 1. The lowest BCUT2D eigenvalue weighted by Gasteiger charge is -2.36. The molecular formula is C22H21N5OS. The molecule has 6 nitrogen and oxygen atoms in total. The van der Waals surface area contributed by atoms with Crippen molar-refractivity contribution in [3.8, 4) is 22.0 Å². The van der Waals surface area contributed by atoms with Crippen LogP contribution in [0.1, 0.15) is 6.42 Å². The van der Waals surface area contributed by atoms with Gasteiger partial charge >= 0.3 is 0 Å². The van der Waals surface area contributed by atoms with Gasteiger partial charge in [0.2, 0.25) is 0 Å². The van der Waals surface area contributed by atoms with Crippen LogP contribution in [0.5, 0.6) is 0 Å². The number of pyridine rings is 2. The summed E-state index contributed by atoms with van der Waals surface area (Å²) >= 11 is 1.58. The van der Waals surface area contributed by atoms with E-state index in [0.29, 0.717) is 13.0 Å². The summed E-state index contributed by atoms with van der Waals surface area (Å²) in [6, 6.07) is 14.0. The third-order valence-electron chi connectivity index (χ3n) is 5.38. The summed E-state index contributed by atoms with van der Waals surface area (Å²) in [5.41, 5.74) is 10.9. The molecule has 1 saturated heterocycles. The molecule has 1 aliphatic rings. The van der Waals surface area contributed by atoms with Crippen molar-refractivity contribution in [1.82, 2.24) is 15.0 Å². The zero-order valence-corrected chi connectivity index (χ0v) is 16.6. The van der Waals surface area contributed by atoms with E-state index in [1.54, 1.807) is 17.5 Å². The molecule has 0 bridgehead atoms. The zero-order valence-electron chi connectivity index (χ0n) is 15.8. The van der Waals surface area contributed by atoms with Crippen LogP contribution in [0.3, 0.4) is 0 Å². The number of fused-ring (bicyclic) bond motifs is 1. The maximum Gasteiger partial charge on any atom is 0.141 e. The van der Waals surface area contributed by atoms with Crippen molar-refractivity contribution in [2.45, 2.75) is 18.6 Å². The Morgan fingerprint density at radius 2 is 1.97 bits per heavy atom. The van der Waals surface area contributed by atoms with Crippen LogP contribution in [0.4, 0.5) is 5.69 Å².